The summed E-state index contributed by atoms with van der Waals surface area (Å²) in [5, 5.41) is 8.92. The molecule has 0 bridgehead atoms. The second-order valence-electron chi connectivity index (χ2n) is 3.39. The highest BCUT2D eigenvalue weighted by molar-refractivity contribution is 5.88. The molecule has 16 heavy (non-hydrogen) atoms. The number of aryl methyl sites for hydroxylation is 1. The lowest BCUT2D eigenvalue weighted by Crippen LogP contribution is -2.06. The lowest BCUT2D eigenvalue weighted by Gasteiger charge is -2.04. The number of aromatic nitrogens is 2. The number of hydrogen-bond acceptors (Lipinski definition) is 3. The number of carboxylic acids is 1. The van der Waals surface area contributed by atoms with Crippen LogP contribution in [0.25, 0.3) is 0 Å². The van der Waals surface area contributed by atoms with E-state index in [0.29, 0.717) is 12.3 Å². The number of carboxylic acid groups (broad SMARTS) is 1. The van der Waals surface area contributed by atoms with E-state index in [1.54, 1.807) is 6.20 Å². The quantitative estimate of drug-likeness (QED) is 0.852. The largest absolute Gasteiger partial charge is 0.478 e. The molecule has 2 aromatic rings. The summed E-state index contributed by atoms with van der Waals surface area (Å²) in [6, 6.07) is 1.46. The van der Waals surface area contributed by atoms with Gasteiger partial charge in [0.2, 0.25) is 0 Å². The zero-order chi connectivity index (χ0) is 11.5. The van der Waals surface area contributed by atoms with Crippen molar-refractivity contribution >= 4 is 5.97 Å². The topological polar surface area (TPSA) is 68.3 Å². The molecule has 0 atom stereocenters. The van der Waals surface area contributed by atoms with Gasteiger partial charge in [-0.25, -0.2) is 9.78 Å². The Balaban J connectivity index is 2.27. The lowest BCUT2D eigenvalue weighted by atomic mass is 10.2. The SMILES string of the molecule is CCc1nccn1Cc1occc1C(=O)O. The van der Waals surface area contributed by atoms with Crippen LogP contribution in [0.5, 0.6) is 0 Å². The van der Waals surface area contributed by atoms with Gasteiger partial charge in [0.25, 0.3) is 0 Å². The van der Waals surface area contributed by atoms with Crippen molar-refractivity contribution < 1.29 is 14.3 Å². The van der Waals surface area contributed by atoms with E-state index >= 15 is 0 Å². The van der Waals surface area contributed by atoms with Crippen LogP contribution < -0.4 is 0 Å². The minimum Gasteiger partial charge on any atom is -0.478 e. The smallest absolute Gasteiger partial charge is 0.339 e. The van der Waals surface area contributed by atoms with Crippen LogP contribution in [0.15, 0.2) is 29.1 Å². The first-order valence-electron chi connectivity index (χ1n) is 5.02. The number of furan rings is 1. The number of hydrogen-bond donors (Lipinski definition) is 1. The van der Waals surface area contributed by atoms with E-state index in [-0.39, 0.29) is 5.56 Å². The fraction of sp³-hybridized carbons (Fsp3) is 0.273. The number of imidazole rings is 1. The van der Waals surface area contributed by atoms with Gasteiger partial charge in [0.1, 0.15) is 17.1 Å². The van der Waals surface area contributed by atoms with Crippen LogP contribution in [-0.2, 0) is 13.0 Å². The van der Waals surface area contributed by atoms with Gasteiger partial charge in [0.15, 0.2) is 0 Å². The number of nitrogens with zero attached hydrogens (tertiary/aromatic N) is 2. The molecule has 84 valence electrons. The Labute approximate surface area is 92.3 Å². The average molecular weight is 220 g/mol. The number of carbonyl (C=O) groups is 1. The highest BCUT2D eigenvalue weighted by Crippen LogP contribution is 2.13. The van der Waals surface area contributed by atoms with Crippen molar-refractivity contribution in [2.24, 2.45) is 0 Å². The Hall–Kier alpha value is -2.04. The van der Waals surface area contributed by atoms with Gasteiger partial charge in [-0.15, -0.1) is 0 Å². The molecular formula is C11H12N2O3. The summed E-state index contributed by atoms with van der Waals surface area (Å²) in [4.78, 5) is 15.0. The summed E-state index contributed by atoms with van der Waals surface area (Å²) in [6.07, 6.45) is 5.70. The van der Waals surface area contributed by atoms with Gasteiger partial charge in [0, 0.05) is 18.8 Å². The number of aromatic carboxylic acids is 1. The standard InChI is InChI=1S/C11H12N2O3/c1-2-10-12-4-5-13(10)7-9-8(11(14)15)3-6-16-9/h3-6H,2,7H2,1H3,(H,14,15). The molecule has 0 aliphatic rings. The van der Waals surface area contributed by atoms with Crippen LogP contribution in [0.1, 0.15) is 28.9 Å². The van der Waals surface area contributed by atoms with Crippen molar-refractivity contribution in [3.05, 3.63) is 41.9 Å². The van der Waals surface area contributed by atoms with Gasteiger partial charge in [-0.05, 0) is 6.07 Å². The average Bonchev–Trinajstić information content (AvgIpc) is 2.86. The molecule has 0 amide bonds. The predicted octanol–water partition coefficient (Wildman–Crippen LogP) is 1.78. The summed E-state index contributed by atoms with van der Waals surface area (Å²) < 4.78 is 7.05. The molecule has 0 aromatic carbocycles. The molecule has 5 nitrogen and oxygen atoms in total. The maximum atomic E-state index is 10.9. The second-order valence-corrected chi connectivity index (χ2v) is 3.39. The summed E-state index contributed by atoms with van der Waals surface area (Å²) in [6.45, 7) is 2.40. The van der Waals surface area contributed by atoms with Crippen LogP contribution in [0.4, 0.5) is 0 Å². The zero-order valence-corrected chi connectivity index (χ0v) is 8.88. The Morgan fingerprint density at radius 1 is 1.62 bits per heavy atom. The summed E-state index contributed by atoms with van der Waals surface area (Å²) in [5.74, 6) is 0.384. The van der Waals surface area contributed by atoms with Gasteiger partial charge in [-0.1, -0.05) is 6.92 Å². The predicted molar refractivity (Wildman–Crippen MR) is 56.4 cm³/mol. The molecular weight excluding hydrogens is 208 g/mol. The molecule has 2 aromatic heterocycles. The van der Waals surface area contributed by atoms with Crippen LogP contribution in [0, 0.1) is 0 Å². The van der Waals surface area contributed by atoms with Crippen molar-refractivity contribution in [3.63, 3.8) is 0 Å². The third-order valence-electron chi connectivity index (χ3n) is 2.41. The van der Waals surface area contributed by atoms with Crippen LogP contribution in [0.3, 0.4) is 0 Å². The van der Waals surface area contributed by atoms with Crippen molar-refractivity contribution in [3.8, 4) is 0 Å². The first-order valence-corrected chi connectivity index (χ1v) is 5.02. The Kier molecular flexibility index (Phi) is 2.76. The molecule has 0 aliphatic carbocycles. The monoisotopic (exact) mass is 220 g/mol. The van der Waals surface area contributed by atoms with E-state index in [1.807, 2.05) is 17.7 Å². The van der Waals surface area contributed by atoms with Crippen LogP contribution >= 0.6 is 0 Å². The van der Waals surface area contributed by atoms with E-state index in [9.17, 15) is 4.79 Å². The van der Waals surface area contributed by atoms with Gasteiger partial charge >= 0.3 is 5.97 Å². The molecule has 2 rings (SSSR count). The van der Waals surface area contributed by atoms with Gasteiger partial charge in [-0.3, -0.25) is 0 Å². The first-order chi connectivity index (χ1) is 7.72. The molecule has 2 heterocycles. The summed E-state index contributed by atoms with van der Waals surface area (Å²) >= 11 is 0. The van der Waals surface area contributed by atoms with E-state index in [4.69, 9.17) is 9.52 Å². The van der Waals surface area contributed by atoms with Crippen molar-refractivity contribution in [2.75, 3.05) is 0 Å². The molecule has 0 unspecified atom stereocenters. The fourth-order valence-electron chi connectivity index (χ4n) is 1.61. The van der Waals surface area contributed by atoms with Gasteiger partial charge in [0.05, 0.1) is 12.8 Å². The molecule has 1 N–H and O–H groups in total. The van der Waals surface area contributed by atoms with E-state index < -0.39 is 5.97 Å². The van der Waals surface area contributed by atoms with E-state index in [0.717, 1.165) is 12.2 Å². The summed E-state index contributed by atoms with van der Waals surface area (Å²) in [5.41, 5.74) is 0.204. The van der Waals surface area contributed by atoms with Crippen LogP contribution in [0.2, 0.25) is 0 Å². The Morgan fingerprint density at radius 3 is 3.12 bits per heavy atom. The Morgan fingerprint density at radius 2 is 2.44 bits per heavy atom. The molecule has 0 saturated heterocycles. The molecule has 0 fully saturated rings. The highest BCUT2D eigenvalue weighted by atomic mass is 16.4. The van der Waals surface area contributed by atoms with E-state index in [1.165, 1.54) is 12.3 Å². The molecule has 0 saturated carbocycles. The molecule has 0 spiro atoms. The summed E-state index contributed by atoms with van der Waals surface area (Å²) in [7, 11) is 0. The highest BCUT2D eigenvalue weighted by Gasteiger charge is 2.14. The Bertz CT molecular complexity index is 499. The van der Waals surface area contributed by atoms with E-state index in [2.05, 4.69) is 4.98 Å². The minimum atomic E-state index is -0.970. The first kappa shape index (κ1) is 10.5. The van der Waals surface area contributed by atoms with Gasteiger partial charge < -0.3 is 14.1 Å². The van der Waals surface area contributed by atoms with Crippen molar-refractivity contribution in [2.45, 2.75) is 19.9 Å². The molecule has 0 aliphatic heterocycles. The molecule has 5 heteroatoms. The maximum absolute atomic E-state index is 10.9. The second kappa shape index (κ2) is 4.22. The lowest BCUT2D eigenvalue weighted by molar-refractivity contribution is 0.0694. The third kappa shape index (κ3) is 1.84. The normalized spacial score (nSPS) is 10.6. The molecule has 0 radical (unpaired) electrons. The minimum absolute atomic E-state index is 0.204. The van der Waals surface area contributed by atoms with Crippen molar-refractivity contribution in [1.82, 2.24) is 9.55 Å². The van der Waals surface area contributed by atoms with Crippen molar-refractivity contribution in [1.29, 1.82) is 0 Å². The number of rotatable bonds is 4. The zero-order valence-electron chi connectivity index (χ0n) is 8.88. The third-order valence-corrected chi connectivity index (χ3v) is 2.41. The van der Waals surface area contributed by atoms with Crippen LogP contribution in [-0.4, -0.2) is 20.6 Å². The fourth-order valence-corrected chi connectivity index (χ4v) is 1.61. The van der Waals surface area contributed by atoms with Gasteiger partial charge in [-0.2, -0.15) is 0 Å². The maximum Gasteiger partial charge on any atom is 0.339 e.